The third-order valence-corrected chi connectivity index (χ3v) is 5.09. The van der Waals surface area contributed by atoms with Gasteiger partial charge in [-0.1, -0.05) is 5.16 Å². The molecule has 0 saturated carbocycles. The van der Waals surface area contributed by atoms with Crippen LogP contribution in [0.4, 0.5) is 14.9 Å². The predicted molar refractivity (Wildman–Crippen MR) is 98.5 cm³/mol. The smallest absolute Gasteiger partial charge is 0.414 e. The maximum absolute atomic E-state index is 14.6. The molecule has 4 N–H and O–H groups in total. The maximum atomic E-state index is 14.6. The van der Waals surface area contributed by atoms with Gasteiger partial charge in [0.15, 0.2) is 5.84 Å². The number of thiophene rings is 1. The highest BCUT2D eigenvalue weighted by atomic mass is 32.1. The fourth-order valence-corrected chi connectivity index (χ4v) is 3.57. The lowest BCUT2D eigenvalue weighted by Crippen LogP contribution is -2.33. The number of nitrogens with two attached hydrogens (primary N) is 1. The first kappa shape index (κ1) is 18.6. The van der Waals surface area contributed by atoms with Crippen molar-refractivity contribution in [1.29, 1.82) is 0 Å². The van der Waals surface area contributed by atoms with E-state index < -0.39 is 18.0 Å². The van der Waals surface area contributed by atoms with Crippen LogP contribution in [0.2, 0.25) is 0 Å². The van der Waals surface area contributed by atoms with Crippen LogP contribution in [0.25, 0.3) is 10.4 Å². The van der Waals surface area contributed by atoms with E-state index in [4.69, 9.17) is 15.7 Å². The minimum atomic E-state index is -0.595. The highest BCUT2D eigenvalue weighted by Crippen LogP contribution is 2.33. The Labute approximate surface area is 158 Å². The number of benzene rings is 1. The van der Waals surface area contributed by atoms with Crippen molar-refractivity contribution in [2.24, 2.45) is 10.9 Å². The summed E-state index contributed by atoms with van der Waals surface area (Å²) in [6, 6.07) is 7.72. The molecule has 1 saturated heterocycles. The van der Waals surface area contributed by atoms with E-state index in [0.29, 0.717) is 21.0 Å². The van der Waals surface area contributed by atoms with Gasteiger partial charge in [0, 0.05) is 17.4 Å². The predicted octanol–water partition coefficient (Wildman–Crippen LogP) is 2.11. The Kier molecular flexibility index (Phi) is 5.26. The lowest BCUT2D eigenvalue weighted by Gasteiger charge is -2.14. The molecule has 27 heavy (non-hydrogen) atoms. The number of nitrogens with zero attached hydrogens (tertiary/aromatic N) is 2. The first-order valence-corrected chi connectivity index (χ1v) is 8.81. The Morgan fingerprint density at radius 1 is 1.48 bits per heavy atom. The number of ether oxygens (including phenoxy) is 1. The summed E-state index contributed by atoms with van der Waals surface area (Å²) in [6.45, 7) is 1.78. The largest absolute Gasteiger partial charge is 0.442 e. The Hall–Kier alpha value is -3.14. The van der Waals surface area contributed by atoms with Gasteiger partial charge in [-0.15, -0.1) is 11.3 Å². The Morgan fingerprint density at radius 3 is 2.93 bits per heavy atom. The molecule has 2 heterocycles. The van der Waals surface area contributed by atoms with E-state index in [0.717, 1.165) is 0 Å². The number of carbonyl (C=O) groups is 2. The third-order valence-electron chi connectivity index (χ3n) is 3.95. The second-order valence-corrected chi connectivity index (χ2v) is 6.95. The van der Waals surface area contributed by atoms with Crippen LogP contribution in [-0.4, -0.2) is 42.2 Å². The number of rotatable bonds is 5. The summed E-state index contributed by atoms with van der Waals surface area (Å²) in [6.07, 6.45) is -1.09. The summed E-state index contributed by atoms with van der Waals surface area (Å²) in [5.74, 6) is -0.783. The number of hydrogen-bond acceptors (Lipinski definition) is 6. The quantitative estimate of drug-likeness (QED) is 0.312. The van der Waals surface area contributed by atoms with Gasteiger partial charge in [0.1, 0.15) is 11.9 Å². The number of nitrogens with one attached hydrogen (secondary N) is 1. The van der Waals surface area contributed by atoms with Gasteiger partial charge in [0.2, 0.25) is 5.91 Å². The number of amidine groups is 1. The molecule has 8 nitrogen and oxygen atoms in total. The first-order chi connectivity index (χ1) is 12.9. The standard InChI is InChI=1S/C17H17FN4O4S/c1-9(23)20-7-11-8-22(17(24)26-11)10-2-3-12(13(18)6-10)14-4-5-15(27-14)16(19)21-25/h2-6,11,25H,7-8H2,1H3,(H2,19,21)(H,20,23)/t11-/m0/s1. The third kappa shape index (κ3) is 4.00. The van der Waals surface area contributed by atoms with Crippen molar-refractivity contribution in [3.63, 3.8) is 0 Å². The van der Waals surface area contributed by atoms with Crippen molar-refractivity contribution in [2.75, 3.05) is 18.0 Å². The van der Waals surface area contributed by atoms with Crippen LogP contribution in [0.15, 0.2) is 35.5 Å². The van der Waals surface area contributed by atoms with Crippen LogP contribution < -0.4 is 16.0 Å². The lowest BCUT2D eigenvalue weighted by atomic mass is 10.1. The fourth-order valence-electron chi connectivity index (χ4n) is 2.64. The lowest BCUT2D eigenvalue weighted by molar-refractivity contribution is -0.119. The van der Waals surface area contributed by atoms with Gasteiger partial charge in [-0.25, -0.2) is 9.18 Å². The zero-order valence-corrected chi connectivity index (χ0v) is 15.1. The summed E-state index contributed by atoms with van der Waals surface area (Å²) >= 11 is 1.18. The molecule has 2 amide bonds. The minimum Gasteiger partial charge on any atom is -0.442 e. The van der Waals surface area contributed by atoms with Crippen LogP contribution in [0, 0.1) is 5.82 Å². The van der Waals surface area contributed by atoms with Crippen LogP contribution in [0.5, 0.6) is 0 Å². The first-order valence-electron chi connectivity index (χ1n) is 7.99. The number of oxime groups is 1. The molecule has 1 aliphatic heterocycles. The van der Waals surface area contributed by atoms with Crippen LogP contribution in [0.1, 0.15) is 11.8 Å². The molecule has 1 aromatic heterocycles. The molecule has 1 aromatic carbocycles. The SMILES string of the molecule is CC(=O)NC[C@H]1CN(c2ccc(-c3ccc(/C(N)=N\O)s3)c(F)c2)C(=O)O1. The minimum absolute atomic E-state index is 0.0479. The molecule has 0 aliphatic carbocycles. The van der Waals surface area contributed by atoms with Gasteiger partial charge in [-0.05, 0) is 30.3 Å². The second kappa shape index (κ2) is 7.62. The molecule has 2 aromatic rings. The van der Waals surface area contributed by atoms with Crippen molar-refractivity contribution >= 4 is 34.9 Å². The van der Waals surface area contributed by atoms with E-state index in [1.165, 1.54) is 29.2 Å². The van der Waals surface area contributed by atoms with Crippen LogP contribution in [-0.2, 0) is 9.53 Å². The topological polar surface area (TPSA) is 117 Å². The molecule has 0 spiro atoms. The summed E-state index contributed by atoms with van der Waals surface area (Å²) in [7, 11) is 0. The van der Waals surface area contributed by atoms with E-state index >= 15 is 0 Å². The van der Waals surface area contributed by atoms with E-state index in [-0.39, 0.29) is 24.8 Å². The summed E-state index contributed by atoms with van der Waals surface area (Å²) in [5, 5.41) is 14.2. The molecule has 0 unspecified atom stereocenters. The molecule has 1 atom stereocenters. The van der Waals surface area contributed by atoms with Crippen molar-refractivity contribution < 1.29 is 23.9 Å². The fraction of sp³-hybridized carbons (Fsp3) is 0.235. The molecule has 1 fully saturated rings. The van der Waals surface area contributed by atoms with Crippen molar-refractivity contribution in [3.8, 4) is 10.4 Å². The molecule has 3 rings (SSSR count). The molecule has 0 radical (unpaired) electrons. The number of anilines is 1. The highest BCUT2D eigenvalue weighted by molar-refractivity contribution is 7.17. The van der Waals surface area contributed by atoms with Gasteiger partial charge >= 0.3 is 6.09 Å². The number of hydrogen-bond donors (Lipinski definition) is 3. The van der Waals surface area contributed by atoms with Gasteiger partial charge in [0.05, 0.1) is 23.7 Å². The summed E-state index contributed by atoms with van der Waals surface area (Å²) in [4.78, 5) is 25.4. The Morgan fingerprint density at radius 2 is 2.26 bits per heavy atom. The molecular weight excluding hydrogens is 375 g/mol. The zero-order valence-electron chi connectivity index (χ0n) is 14.3. The Bertz CT molecular complexity index is 914. The normalized spacial score (nSPS) is 17.1. The van der Waals surface area contributed by atoms with Crippen LogP contribution >= 0.6 is 11.3 Å². The van der Waals surface area contributed by atoms with Gasteiger partial charge in [0.25, 0.3) is 0 Å². The summed E-state index contributed by atoms with van der Waals surface area (Å²) in [5.41, 5.74) is 6.23. The molecule has 1 aliphatic rings. The molecule has 142 valence electrons. The Balaban J connectivity index is 1.78. The number of halogens is 1. The second-order valence-electron chi connectivity index (χ2n) is 5.87. The molecular formula is C17H17FN4O4S. The number of carbonyl (C=O) groups excluding carboxylic acids is 2. The average molecular weight is 392 g/mol. The number of amides is 2. The van der Waals surface area contributed by atoms with Gasteiger partial charge in [-0.2, -0.15) is 0 Å². The highest BCUT2D eigenvalue weighted by Gasteiger charge is 2.32. The van der Waals surface area contributed by atoms with Crippen LogP contribution in [0.3, 0.4) is 0 Å². The van der Waals surface area contributed by atoms with Crippen molar-refractivity contribution in [2.45, 2.75) is 13.0 Å². The van der Waals surface area contributed by atoms with E-state index in [1.807, 2.05) is 0 Å². The van der Waals surface area contributed by atoms with E-state index in [9.17, 15) is 14.0 Å². The monoisotopic (exact) mass is 392 g/mol. The summed E-state index contributed by atoms with van der Waals surface area (Å²) < 4.78 is 19.8. The van der Waals surface area contributed by atoms with Crippen molar-refractivity contribution in [3.05, 3.63) is 41.0 Å². The van der Waals surface area contributed by atoms with E-state index in [2.05, 4.69) is 10.5 Å². The molecule has 10 heteroatoms. The van der Waals surface area contributed by atoms with E-state index in [1.54, 1.807) is 24.3 Å². The average Bonchev–Trinajstić information content (AvgIpc) is 3.26. The van der Waals surface area contributed by atoms with Gasteiger partial charge < -0.3 is 21.0 Å². The van der Waals surface area contributed by atoms with Crippen molar-refractivity contribution in [1.82, 2.24) is 5.32 Å². The maximum Gasteiger partial charge on any atom is 0.414 e. The van der Waals surface area contributed by atoms with Gasteiger partial charge in [-0.3, -0.25) is 9.69 Å². The zero-order chi connectivity index (χ0) is 19.6. The number of cyclic esters (lactones) is 1. The molecule has 0 bridgehead atoms.